The van der Waals surface area contributed by atoms with Gasteiger partial charge in [-0.15, -0.1) is 0 Å². The van der Waals surface area contributed by atoms with Gasteiger partial charge in [0.1, 0.15) is 11.3 Å². The minimum atomic E-state index is -0.0120. The van der Waals surface area contributed by atoms with Crippen LogP contribution in [0.1, 0.15) is 41.9 Å². The van der Waals surface area contributed by atoms with Gasteiger partial charge in [0.25, 0.3) is 5.91 Å². The summed E-state index contributed by atoms with van der Waals surface area (Å²) in [6.07, 6.45) is 6.96. The number of aryl methyl sites for hydroxylation is 1. The minimum Gasteiger partial charge on any atom is -0.339 e. The lowest BCUT2D eigenvalue weighted by Gasteiger charge is -2.26. The molecule has 6 heteroatoms. The number of nitrogens with zero attached hydrogens (tertiary/aromatic N) is 4. The molecule has 1 saturated carbocycles. The first-order valence-electron chi connectivity index (χ1n) is 8.57. The lowest BCUT2D eigenvalue weighted by molar-refractivity contribution is 0.0767. The molecule has 3 rings (SSSR count). The van der Waals surface area contributed by atoms with Crippen LogP contribution in [0.5, 0.6) is 0 Å². The zero-order valence-electron chi connectivity index (χ0n) is 14.6. The Labute approximate surface area is 148 Å². The van der Waals surface area contributed by atoms with E-state index in [2.05, 4.69) is 16.9 Å². The van der Waals surface area contributed by atoms with Gasteiger partial charge in [0.15, 0.2) is 0 Å². The maximum Gasteiger partial charge on any atom is 0.272 e. The number of pyridine rings is 1. The molecule has 2 heterocycles. The number of carbonyl (C=O) groups is 1. The predicted molar refractivity (Wildman–Crippen MR) is 96.8 cm³/mol. The third-order valence-electron chi connectivity index (χ3n) is 5.04. The minimum absolute atomic E-state index is 0.0120. The normalized spacial score (nSPS) is 15.5. The molecule has 0 N–H and O–H groups in total. The van der Waals surface area contributed by atoms with Crippen molar-refractivity contribution in [1.82, 2.24) is 19.2 Å². The number of likely N-dealkylation sites (N-methyl/N-ethyl adjacent to an activating group) is 2. The largest absolute Gasteiger partial charge is 0.339 e. The average Bonchev–Trinajstić information content (AvgIpc) is 3.18. The molecule has 0 aromatic carbocycles. The number of fused-ring (bicyclic) bond motifs is 1. The fraction of sp³-hybridized carbons (Fsp3) is 0.556. The number of imidazole rings is 1. The van der Waals surface area contributed by atoms with Gasteiger partial charge in [0.05, 0.1) is 10.7 Å². The van der Waals surface area contributed by atoms with Crippen LogP contribution in [0.4, 0.5) is 0 Å². The van der Waals surface area contributed by atoms with E-state index in [9.17, 15) is 4.79 Å². The zero-order valence-corrected chi connectivity index (χ0v) is 15.4. The Hall–Kier alpha value is -1.59. The highest BCUT2D eigenvalue weighted by Gasteiger charge is 2.23. The molecular weight excluding hydrogens is 324 g/mol. The first kappa shape index (κ1) is 17.2. The van der Waals surface area contributed by atoms with Gasteiger partial charge in [0, 0.05) is 32.4 Å². The first-order chi connectivity index (χ1) is 11.5. The molecule has 1 fully saturated rings. The highest BCUT2D eigenvalue weighted by Crippen LogP contribution is 2.22. The van der Waals surface area contributed by atoms with Gasteiger partial charge in [-0.25, -0.2) is 4.98 Å². The van der Waals surface area contributed by atoms with Gasteiger partial charge in [-0.2, -0.15) is 0 Å². The number of hydrogen-bond acceptors (Lipinski definition) is 3. The molecular formula is C18H25ClN4O. The number of halogens is 1. The summed E-state index contributed by atoms with van der Waals surface area (Å²) >= 11 is 6.08. The van der Waals surface area contributed by atoms with Crippen molar-refractivity contribution in [3.63, 3.8) is 0 Å². The zero-order chi connectivity index (χ0) is 17.3. The van der Waals surface area contributed by atoms with Gasteiger partial charge in [0.2, 0.25) is 0 Å². The molecule has 0 radical (unpaired) electrons. The number of hydrogen-bond donors (Lipinski definition) is 0. The fourth-order valence-corrected chi connectivity index (χ4v) is 3.67. The fourth-order valence-electron chi connectivity index (χ4n) is 3.51. The summed E-state index contributed by atoms with van der Waals surface area (Å²) in [7, 11) is 4.02. The van der Waals surface area contributed by atoms with Crippen LogP contribution in [-0.4, -0.2) is 58.3 Å². The standard InChI is InChI=1S/C18H25ClN4O/c1-13-17(23-12-14(19)8-9-16(23)20-13)18(24)22(3)11-10-21(2)15-6-4-5-7-15/h8-9,12,15H,4-7,10-11H2,1-3H3. The van der Waals surface area contributed by atoms with E-state index in [0.29, 0.717) is 23.3 Å². The Morgan fingerprint density at radius 3 is 2.71 bits per heavy atom. The van der Waals surface area contributed by atoms with Crippen molar-refractivity contribution in [2.24, 2.45) is 0 Å². The van der Waals surface area contributed by atoms with E-state index in [-0.39, 0.29) is 5.91 Å². The van der Waals surface area contributed by atoms with E-state index in [1.165, 1.54) is 25.7 Å². The summed E-state index contributed by atoms with van der Waals surface area (Å²) in [6, 6.07) is 4.29. The van der Waals surface area contributed by atoms with Gasteiger partial charge >= 0.3 is 0 Å². The van der Waals surface area contributed by atoms with Crippen molar-refractivity contribution >= 4 is 23.2 Å². The smallest absolute Gasteiger partial charge is 0.272 e. The predicted octanol–water partition coefficient (Wildman–Crippen LogP) is 3.24. The quantitative estimate of drug-likeness (QED) is 0.832. The van der Waals surface area contributed by atoms with E-state index in [1.807, 2.05) is 20.0 Å². The molecule has 1 aliphatic carbocycles. The Morgan fingerprint density at radius 1 is 1.29 bits per heavy atom. The van der Waals surface area contributed by atoms with Crippen LogP contribution in [-0.2, 0) is 0 Å². The maximum absolute atomic E-state index is 12.9. The van der Waals surface area contributed by atoms with Gasteiger partial charge in [-0.3, -0.25) is 9.20 Å². The third kappa shape index (κ3) is 3.42. The molecule has 24 heavy (non-hydrogen) atoms. The van der Waals surface area contributed by atoms with Gasteiger partial charge in [-0.1, -0.05) is 24.4 Å². The van der Waals surface area contributed by atoms with Crippen LogP contribution in [0.2, 0.25) is 5.02 Å². The molecule has 0 aliphatic heterocycles. The SMILES string of the molecule is Cc1nc2ccc(Cl)cn2c1C(=O)N(C)CCN(C)C1CCCC1. The summed E-state index contributed by atoms with van der Waals surface area (Å²) < 4.78 is 1.79. The van der Waals surface area contributed by atoms with Crippen molar-refractivity contribution in [3.05, 3.63) is 34.7 Å². The topological polar surface area (TPSA) is 40.9 Å². The van der Waals surface area contributed by atoms with Crippen LogP contribution >= 0.6 is 11.6 Å². The molecule has 1 aliphatic rings. The molecule has 0 atom stereocenters. The Balaban J connectivity index is 1.71. The first-order valence-corrected chi connectivity index (χ1v) is 8.95. The van der Waals surface area contributed by atoms with Crippen LogP contribution in [0.3, 0.4) is 0 Å². The highest BCUT2D eigenvalue weighted by molar-refractivity contribution is 6.30. The van der Waals surface area contributed by atoms with Crippen LogP contribution in [0.25, 0.3) is 5.65 Å². The number of carbonyl (C=O) groups excluding carboxylic acids is 1. The van der Waals surface area contributed by atoms with E-state index < -0.39 is 0 Å². The van der Waals surface area contributed by atoms with Crippen molar-refractivity contribution in [1.29, 1.82) is 0 Å². The summed E-state index contributed by atoms with van der Waals surface area (Å²) in [5, 5.41) is 0.595. The lowest BCUT2D eigenvalue weighted by atomic mass is 10.2. The van der Waals surface area contributed by atoms with E-state index >= 15 is 0 Å². The van der Waals surface area contributed by atoms with E-state index in [1.54, 1.807) is 21.6 Å². The van der Waals surface area contributed by atoms with Crippen molar-refractivity contribution < 1.29 is 4.79 Å². The Bertz CT molecular complexity index is 736. The van der Waals surface area contributed by atoms with E-state index in [4.69, 9.17) is 11.6 Å². The van der Waals surface area contributed by atoms with Gasteiger partial charge < -0.3 is 9.80 Å². The lowest BCUT2D eigenvalue weighted by Crippen LogP contribution is -2.38. The summed E-state index contributed by atoms with van der Waals surface area (Å²) in [4.78, 5) is 21.5. The summed E-state index contributed by atoms with van der Waals surface area (Å²) in [5.74, 6) is -0.0120. The molecule has 5 nitrogen and oxygen atoms in total. The van der Waals surface area contributed by atoms with Crippen molar-refractivity contribution in [3.8, 4) is 0 Å². The van der Waals surface area contributed by atoms with Crippen molar-refractivity contribution in [2.45, 2.75) is 38.6 Å². The highest BCUT2D eigenvalue weighted by atomic mass is 35.5. The molecule has 1 amide bonds. The molecule has 130 valence electrons. The maximum atomic E-state index is 12.9. The second kappa shape index (κ2) is 7.11. The van der Waals surface area contributed by atoms with Gasteiger partial charge in [-0.05, 0) is 38.9 Å². The summed E-state index contributed by atoms with van der Waals surface area (Å²) in [5.41, 5.74) is 2.08. The third-order valence-corrected chi connectivity index (χ3v) is 5.27. The monoisotopic (exact) mass is 348 g/mol. The van der Waals surface area contributed by atoms with E-state index in [0.717, 1.165) is 17.9 Å². The Kier molecular flexibility index (Phi) is 5.11. The van der Waals surface area contributed by atoms with Crippen LogP contribution in [0.15, 0.2) is 18.3 Å². The van der Waals surface area contributed by atoms with Crippen LogP contribution < -0.4 is 0 Å². The Morgan fingerprint density at radius 2 is 2.00 bits per heavy atom. The molecule has 0 saturated heterocycles. The molecule has 0 unspecified atom stereocenters. The number of aromatic nitrogens is 2. The molecule has 2 aromatic heterocycles. The molecule has 0 bridgehead atoms. The average molecular weight is 349 g/mol. The second-order valence-corrected chi connectivity index (χ2v) is 7.20. The second-order valence-electron chi connectivity index (χ2n) is 6.77. The number of rotatable bonds is 5. The van der Waals surface area contributed by atoms with Crippen molar-refractivity contribution in [2.75, 3.05) is 27.2 Å². The molecule has 2 aromatic rings. The van der Waals surface area contributed by atoms with Crippen LogP contribution in [0, 0.1) is 6.92 Å². The number of amides is 1. The molecule has 0 spiro atoms. The summed E-state index contributed by atoms with van der Waals surface area (Å²) in [6.45, 7) is 3.47.